The molecule has 0 saturated carbocycles. The van der Waals surface area contributed by atoms with Gasteiger partial charge in [0.05, 0.1) is 0 Å². The van der Waals surface area contributed by atoms with E-state index in [4.69, 9.17) is 0 Å². The van der Waals surface area contributed by atoms with Crippen LogP contribution in [0, 0.1) is 0 Å². The Balaban J connectivity index is 1.70. The second-order valence-corrected chi connectivity index (χ2v) is 7.48. The molecule has 5 heteroatoms. The summed E-state index contributed by atoms with van der Waals surface area (Å²) in [5.74, 6) is 1.22. The summed E-state index contributed by atoms with van der Waals surface area (Å²) >= 11 is 1.92. The smallest absolute Gasteiger partial charge is 0.245 e. The predicted octanol–water partition coefficient (Wildman–Crippen LogP) is 2.70. The van der Waals surface area contributed by atoms with Gasteiger partial charge >= 0.3 is 0 Å². The number of hydrogen-bond donors (Lipinski definition) is 0. The molecule has 2 aliphatic heterocycles. The standard InChI is InChI=1S/C18H24N2O2S/c1-2-15(20-10-6-9-17(20)21)18(22)19-11-12-23-16(13-19)14-7-4-3-5-8-14/h3-5,7-8,15-16H,2,6,9-13H2,1H3/t15-,16-/m0/s1. The third-order valence-corrected chi connectivity index (χ3v) is 5.95. The molecule has 2 saturated heterocycles. The Labute approximate surface area is 142 Å². The lowest BCUT2D eigenvalue weighted by atomic mass is 10.1. The summed E-state index contributed by atoms with van der Waals surface area (Å²) in [6.07, 6.45) is 2.17. The van der Waals surface area contributed by atoms with Crippen molar-refractivity contribution in [2.75, 3.05) is 25.4 Å². The Kier molecular flexibility index (Phi) is 5.26. The molecule has 0 aromatic heterocycles. The molecule has 0 unspecified atom stereocenters. The first-order valence-electron chi connectivity index (χ1n) is 8.45. The van der Waals surface area contributed by atoms with Crippen LogP contribution in [-0.4, -0.2) is 53.0 Å². The van der Waals surface area contributed by atoms with Gasteiger partial charge < -0.3 is 9.80 Å². The molecule has 3 rings (SSSR count). The van der Waals surface area contributed by atoms with Crippen molar-refractivity contribution in [2.45, 2.75) is 37.5 Å². The first-order valence-corrected chi connectivity index (χ1v) is 9.50. The van der Waals surface area contributed by atoms with Crippen LogP contribution < -0.4 is 0 Å². The van der Waals surface area contributed by atoms with Crippen LogP contribution in [0.5, 0.6) is 0 Å². The van der Waals surface area contributed by atoms with Gasteiger partial charge in [0.1, 0.15) is 6.04 Å². The molecule has 124 valence electrons. The third kappa shape index (κ3) is 3.55. The second kappa shape index (κ2) is 7.39. The molecular formula is C18H24N2O2S. The van der Waals surface area contributed by atoms with Crippen molar-refractivity contribution < 1.29 is 9.59 Å². The van der Waals surface area contributed by atoms with Gasteiger partial charge in [0, 0.05) is 37.1 Å². The van der Waals surface area contributed by atoms with E-state index in [2.05, 4.69) is 24.3 Å². The first-order chi connectivity index (χ1) is 11.2. The highest BCUT2D eigenvalue weighted by molar-refractivity contribution is 7.99. The van der Waals surface area contributed by atoms with Crippen LogP contribution >= 0.6 is 11.8 Å². The fourth-order valence-corrected chi connectivity index (χ4v) is 4.70. The summed E-state index contributed by atoms with van der Waals surface area (Å²) < 4.78 is 0. The van der Waals surface area contributed by atoms with Gasteiger partial charge in [0.25, 0.3) is 0 Å². The van der Waals surface area contributed by atoms with E-state index in [1.165, 1.54) is 5.56 Å². The van der Waals surface area contributed by atoms with Crippen molar-refractivity contribution in [3.63, 3.8) is 0 Å². The Morgan fingerprint density at radius 3 is 2.74 bits per heavy atom. The predicted molar refractivity (Wildman–Crippen MR) is 93.2 cm³/mol. The Morgan fingerprint density at radius 2 is 2.09 bits per heavy atom. The van der Waals surface area contributed by atoms with Crippen molar-refractivity contribution in [1.29, 1.82) is 0 Å². The van der Waals surface area contributed by atoms with Gasteiger partial charge in [0.2, 0.25) is 11.8 Å². The van der Waals surface area contributed by atoms with Crippen LogP contribution in [0.25, 0.3) is 0 Å². The van der Waals surface area contributed by atoms with Gasteiger partial charge in [-0.15, -0.1) is 0 Å². The number of benzene rings is 1. The summed E-state index contributed by atoms with van der Waals surface area (Å²) in [5.41, 5.74) is 1.28. The molecule has 1 aromatic carbocycles. The zero-order chi connectivity index (χ0) is 16.2. The summed E-state index contributed by atoms with van der Waals surface area (Å²) in [5, 5.41) is 0.334. The van der Waals surface area contributed by atoms with E-state index in [1.807, 2.05) is 29.7 Å². The summed E-state index contributed by atoms with van der Waals surface area (Å²) in [4.78, 5) is 28.7. The molecule has 2 amide bonds. The molecule has 2 heterocycles. The van der Waals surface area contributed by atoms with E-state index in [1.54, 1.807) is 4.90 Å². The van der Waals surface area contributed by atoms with Crippen LogP contribution in [0.4, 0.5) is 0 Å². The number of nitrogens with zero attached hydrogens (tertiary/aromatic N) is 2. The van der Waals surface area contributed by atoms with Gasteiger partial charge in [-0.3, -0.25) is 9.59 Å². The van der Waals surface area contributed by atoms with Crippen LogP contribution in [0.1, 0.15) is 37.0 Å². The van der Waals surface area contributed by atoms with Crippen LogP contribution in [0.15, 0.2) is 30.3 Å². The van der Waals surface area contributed by atoms with Gasteiger partial charge in [-0.2, -0.15) is 11.8 Å². The minimum Gasteiger partial charge on any atom is -0.339 e. The Bertz CT molecular complexity index is 563. The number of carbonyl (C=O) groups excluding carboxylic acids is 2. The first kappa shape index (κ1) is 16.4. The Morgan fingerprint density at radius 1 is 1.30 bits per heavy atom. The summed E-state index contributed by atoms with van der Waals surface area (Å²) in [6, 6.07) is 10.1. The lowest BCUT2D eigenvalue weighted by Crippen LogP contribution is -2.51. The van der Waals surface area contributed by atoms with Crippen LogP contribution in [-0.2, 0) is 9.59 Å². The maximum absolute atomic E-state index is 13.0. The highest BCUT2D eigenvalue weighted by Gasteiger charge is 2.35. The van der Waals surface area contributed by atoms with Crippen molar-refractivity contribution in [1.82, 2.24) is 9.80 Å². The SMILES string of the molecule is CC[C@@H](C(=O)N1CCS[C@H](c2ccccc2)C1)N1CCCC1=O. The molecule has 0 aliphatic carbocycles. The fraction of sp³-hybridized carbons (Fsp3) is 0.556. The van der Waals surface area contributed by atoms with Crippen LogP contribution in [0.3, 0.4) is 0 Å². The molecule has 0 radical (unpaired) electrons. The quantitative estimate of drug-likeness (QED) is 0.851. The maximum atomic E-state index is 13.0. The van der Waals surface area contributed by atoms with Crippen molar-refractivity contribution in [3.8, 4) is 0 Å². The number of hydrogen-bond acceptors (Lipinski definition) is 3. The zero-order valence-corrected chi connectivity index (χ0v) is 14.4. The van der Waals surface area contributed by atoms with E-state index in [9.17, 15) is 9.59 Å². The van der Waals surface area contributed by atoms with E-state index >= 15 is 0 Å². The summed E-state index contributed by atoms with van der Waals surface area (Å²) in [7, 11) is 0. The minimum absolute atomic E-state index is 0.129. The molecule has 1 aromatic rings. The summed E-state index contributed by atoms with van der Waals surface area (Å²) in [6.45, 7) is 4.26. The number of likely N-dealkylation sites (tertiary alicyclic amines) is 1. The van der Waals surface area contributed by atoms with Gasteiger partial charge in [0.15, 0.2) is 0 Å². The Hall–Kier alpha value is -1.49. The highest BCUT2D eigenvalue weighted by atomic mass is 32.2. The van der Waals surface area contributed by atoms with E-state index < -0.39 is 0 Å². The average Bonchev–Trinajstić information content (AvgIpc) is 3.02. The van der Waals surface area contributed by atoms with Gasteiger partial charge in [-0.25, -0.2) is 0 Å². The lowest BCUT2D eigenvalue weighted by molar-refractivity contribution is -0.143. The molecule has 2 fully saturated rings. The number of amides is 2. The zero-order valence-electron chi connectivity index (χ0n) is 13.6. The van der Waals surface area contributed by atoms with Crippen molar-refractivity contribution in [2.24, 2.45) is 0 Å². The normalized spacial score (nSPS) is 23.2. The lowest BCUT2D eigenvalue weighted by Gasteiger charge is -2.37. The molecule has 0 spiro atoms. The molecular weight excluding hydrogens is 308 g/mol. The van der Waals surface area contributed by atoms with E-state index in [0.29, 0.717) is 18.1 Å². The van der Waals surface area contributed by atoms with E-state index in [0.717, 1.165) is 31.8 Å². The second-order valence-electron chi connectivity index (χ2n) is 6.17. The van der Waals surface area contributed by atoms with Crippen molar-refractivity contribution >= 4 is 23.6 Å². The third-order valence-electron chi connectivity index (χ3n) is 4.71. The molecule has 23 heavy (non-hydrogen) atoms. The van der Waals surface area contributed by atoms with E-state index in [-0.39, 0.29) is 17.9 Å². The molecule has 4 nitrogen and oxygen atoms in total. The number of carbonyl (C=O) groups is 2. The largest absolute Gasteiger partial charge is 0.339 e. The maximum Gasteiger partial charge on any atom is 0.245 e. The van der Waals surface area contributed by atoms with Crippen LogP contribution in [0.2, 0.25) is 0 Å². The molecule has 0 bridgehead atoms. The molecule has 2 aliphatic rings. The number of thioether (sulfide) groups is 1. The monoisotopic (exact) mass is 332 g/mol. The topological polar surface area (TPSA) is 40.6 Å². The van der Waals surface area contributed by atoms with Gasteiger partial charge in [-0.05, 0) is 18.4 Å². The van der Waals surface area contributed by atoms with Crippen molar-refractivity contribution in [3.05, 3.63) is 35.9 Å². The highest BCUT2D eigenvalue weighted by Crippen LogP contribution is 2.33. The number of rotatable bonds is 4. The fourth-order valence-electron chi connectivity index (χ4n) is 3.46. The molecule has 2 atom stereocenters. The average molecular weight is 332 g/mol. The minimum atomic E-state index is -0.274. The molecule has 0 N–H and O–H groups in total. The van der Waals surface area contributed by atoms with Gasteiger partial charge in [-0.1, -0.05) is 37.3 Å².